The van der Waals surface area contributed by atoms with Crippen LogP contribution in [0.15, 0.2) is 0 Å². The number of nitrogens with zero attached hydrogens (tertiary/aromatic N) is 1. The molecule has 0 aromatic rings. The summed E-state index contributed by atoms with van der Waals surface area (Å²) in [5.41, 5.74) is 0.509. The summed E-state index contributed by atoms with van der Waals surface area (Å²) in [6, 6.07) is 0. The van der Waals surface area contributed by atoms with Crippen molar-refractivity contribution in [2.75, 3.05) is 26.2 Å². The quantitative estimate of drug-likeness (QED) is 0.614. The van der Waals surface area contributed by atoms with E-state index in [1.807, 2.05) is 0 Å². The Morgan fingerprint density at radius 3 is 2.33 bits per heavy atom. The molecular weight excluding hydrogens is 186 g/mol. The van der Waals surface area contributed by atoms with Gasteiger partial charge >= 0.3 is 0 Å². The first kappa shape index (κ1) is 13.0. The minimum Gasteiger partial charge on any atom is -0.378 e. The molecule has 0 bridgehead atoms. The summed E-state index contributed by atoms with van der Waals surface area (Å²) >= 11 is 0. The summed E-state index contributed by atoms with van der Waals surface area (Å²) in [6.07, 6.45) is 4.36. The normalized spacial score (nSPS) is 18.8. The Morgan fingerprint density at radius 1 is 1.27 bits per heavy atom. The van der Waals surface area contributed by atoms with Crippen molar-refractivity contribution < 1.29 is 4.74 Å². The molecule has 0 N–H and O–H groups in total. The zero-order chi connectivity index (χ0) is 11.3. The molecule has 0 aromatic heterocycles. The van der Waals surface area contributed by atoms with Crippen LogP contribution < -0.4 is 0 Å². The first-order valence-corrected chi connectivity index (χ1v) is 6.46. The monoisotopic (exact) mass is 213 g/mol. The van der Waals surface area contributed by atoms with Crippen LogP contribution in [-0.2, 0) is 4.74 Å². The van der Waals surface area contributed by atoms with Gasteiger partial charge in [0.2, 0.25) is 0 Å². The van der Waals surface area contributed by atoms with Crippen molar-refractivity contribution in [3.63, 3.8) is 0 Å². The van der Waals surface area contributed by atoms with Crippen molar-refractivity contribution >= 4 is 0 Å². The van der Waals surface area contributed by atoms with E-state index in [0.29, 0.717) is 11.5 Å². The van der Waals surface area contributed by atoms with Crippen molar-refractivity contribution in [3.8, 4) is 0 Å². The summed E-state index contributed by atoms with van der Waals surface area (Å²) in [4.78, 5) is 2.57. The fourth-order valence-corrected chi connectivity index (χ4v) is 2.01. The van der Waals surface area contributed by atoms with Crippen LogP contribution in [0.1, 0.15) is 47.0 Å². The van der Waals surface area contributed by atoms with Gasteiger partial charge in [0.05, 0.1) is 12.7 Å². The molecule has 1 rings (SSSR count). The van der Waals surface area contributed by atoms with Crippen molar-refractivity contribution in [2.24, 2.45) is 5.41 Å². The van der Waals surface area contributed by atoms with Gasteiger partial charge in [-0.3, -0.25) is 0 Å². The largest absolute Gasteiger partial charge is 0.378 e. The molecule has 0 radical (unpaired) electrons. The molecule has 0 amide bonds. The van der Waals surface area contributed by atoms with Crippen LogP contribution in [0.4, 0.5) is 0 Å². The van der Waals surface area contributed by atoms with E-state index in [2.05, 4.69) is 32.6 Å². The molecule has 1 aliphatic carbocycles. The highest BCUT2D eigenvalue weighted by Gasteiger charge is 2.43. The first-order chi connectivity index (χ1) is 7.12. The van der Waals surface area contributed by atoms with Gasteiger partial charge in [-0.1, -0.05) is 13.8 Å². The van der Waals surface area contributed by atoms with Crippen LogP contribution in [-0.4, -0.2) is 37.2 Å². The van der Waals surface area contributed by atoms with Crippen molar-refractivity contribution in [1.29, 1.82) is 0 Å². The number of hydrogen-bond acceptors (Lipinski definition) is 2. The Labute approximate surface area is 95.0 Å². The number of hydrogen-bond donors (Lipinski definition) is 0. The lowest BCUT2D eigenvalue weighted by Crippen LogP contribution is -2.33. The van der Waals surface area contributed by atoms with Gasteiger partial charge in [0.1, 0.15) is 0 Å². The van der Waals surface area contributed by atoms with E-state index in [0.717, 1.165) is 6.61 Å². The molecule has 1 aliphatic rings. The molecule has 0 heterocycles. The third-order valence-electron chi connectivity index (χ3n) is 3.23. The molecule has 90 valence electrons. The lowest BCUT2D eigenvalue weighted by molar-refractivity contribution is 0.0315. The van der Waals surface area contributed by atoms with E-state index >= 15 is 0 Å². The fourth-order valence-electron chi connectivity index (χ4n) is 2.01. The highest BCUT2D eigenvalue weighted by Crippen LogP contribution is 2.46. The maximum absolute atomic E-state index is 5.77. The summed E-state index contributed by atoms with van der Waals surface area (Å²) in [6.45, 7) is 13.4. The second-order valence-corrected chi connectivity index (χ2v) is 5.23. The maximum Gasteiger partial charge on any atom is 0.0538 e. The number of ether oxygens (including phenoxy) is 1. The standard InChI is InChI=1S/C13H27NO/c1-5-9-14(6-2)10-13(7-8-13)11-15-12(3)4/h12H,5-11H2,1-4H3. The first-order valence-electron chi connectivity index (χ1n) is 6.46. The molecule has 2 nitrogen and oxygen atoms in total. The van der Waals surface area contributed by atoms with Crippen LogP contribution in [0.5, 0.6) is 0 Å². The van der Waals surface area contributed by atoms with Gasteiger partial charge in [-0.15, -0.1) is 0 Å². The summed E-state index contributed by atoms with van der Waals surface area (Å²) in [5, 5.41) is 0. The predicted octanol–water partition coefficient (Wildman–Crippen LogP) is 2.92. The third-order valence-corrected chi connectivity index (χ3v) is 3.23. The van der Waals surface area contributed by atoms with Gasteiger partial charge in [0, 0.05) is 12.0 Å². The summed E-state index contributed by atoms with van der Waals surface area (Å²) in [5.74, 6) is 0. The fraction of sp³-hybridized carbons (Fsp3) is 1.00. The molecule has 1 saturated carbocycles. The predicted molar refractivity (Wildman–Crippen MR) is 65.2 cm³/mol. The molecular formula is C13H27NO. The van der Waals surface area contributed by atoms with Crippen LogP contribution in [0, 0.1) is 5.41 Å². The van der Waals surface area contributed by atoms with Crippen molar-refractivity contribution in [3.05, 3.63) is 0 Å². The Bertz CT molecular complexity index is 175. The Kier molecular flexibility index (Phi) is 5.07. The molecule has 0 atom stereocenters. The second kappa shape index (κ2) is 5.86. The molecule has 2 heteroatoms. The minimum atomic E-state index is 0.378. The highest BCUT2D eigenvalue weighted by molar-refractivity contribution is 4.95. The zero-order valence-corrected chi connectivity index (χ0v) is 10.9. The minimum absolute atomic E-state index is 0.378. The average Bonchev–Trinajstić information content (AvgIpc) is 2.95. The van der Waals surface area contributed by atoms with Gasteiger partial charge in [-0.2, -0.15) is 0 Å². The van der Waals surface area contributed by atoms with Crippen LogP contribution in [0.2, 0.25) is 0 Å². The van der Waals surface area contributed by atoms with E-state index < -0.39 is 0 Å². The molecule has 0 aromatic carbocycles. The smallest absolute Gasteiger partial charge is 0.0538 e. The zero-order valence-electron chi connectivity index (χ0n) is 10.9. The van der Waals surface area contributed by atoms with Crippen LogP contribution in [0.25, 0.3) is 0 Å². The van der Waals surface area contributed by atoms with E-state index in [-0.39, 0.29) is 0 Å². The molecule has 0 spiro atoms. The Hall–Kier alpha value is -0.0800. The van der Waals surface area contributed by atoms with E-state index in [9.17, 15) is 0 Å². The van der Waals surface area contributed by atoms with E-state index in [1.165, 1.54) is 38.9 Å². The summed E-state index contributed by atoms with van der Waals surface area (Å²) in [7, 11) is 0. The van der Waals surface area contributed by atoms with Crippen molar-refractivity contribution in [2.45, 2.75) is 53.1 Å². The lowest BCUT2D eigenvalue weighted by Gasteiger charge is -2.26. The Morgan fingerprint density at radius 2 is 1.93 bits per heavy atom. The van der Waals surface area contributed by atoms with Crippen LogP contribution in [0.3, 0.4) is 0 Å². The van der Waals surface area contributed by atoms with Gasteiger partial charge in [-0.25, -0.2) is 0 Å². The van der Waals surface area contributed by atoms with Crippen LogP contribution >= 0.6 is 0 Å². The molecule has 0 saturated heterocycles. The molecule has 1 fully saturated rings. The van der Waals surface area contributed by atoms with Gasteiger partial charge in [-0.05, 0) is 46.2 Å². The Balaban J connectivity index is 2.28. The van der Waals surface area contributed by atoms with E-state index in [1.54, 1.807) is 0 Å². The van der Waals surface area contributed by atoms with Crippen molar-refractivity contribution in [1.82, 2.24) is 4.90 Å². The van der Waals surface area contributed by atoms with E-state index in [4.69, 9.17) is 4.74 Å². The van der Waals surface area contributed by atoms with Gasteiger partial charge in [0.25, 0.3) is 0 Å². The molecule has 0 unspecified atom stereocenters. The van der Waals surface area contributed by atoms with Gasteiger partial charge < -0.3 is 9.64 Å². The highest BCUT2D eigenvalue weighted by atomic mass is 16.5. The number of rotatable bonds is 8. The molecule has 0 aliphatic heterocycles. The second-order valence-electron chi connectivity index (χ2n) is 5.23. The maximum atomic E-state index is 5.77. The molecule has 15 heavy (non-hydrogen) atoms. The SMILES string of the molecule is CCCN(CC)CC1(COC(C)C)CC1. The third kappa shape index (κ3) is 4.52. The lowest BCUT2D eigenvalue weighted by atomic mass is 10.1. The average molecular weight is 213 g/mol. The summed E-state index contributed by atoms with van der Waals surface area (Å²) < 4.78 is 5.77. The van der Waals surface area contributed by atoms with Gasteiger partial charge in [0.15, 0.2) is 0 Å². The topological polar surface area (TPSA) is 12.5 Å².